The molecule has 1 amide bonds. The molecule has 0 aliphatic rings. The molecule has 0 bridgehead atoms. The Hall–Kier alpha value is -2.14. The third-order valence-corrected chi connectivity index (χ3v) is 4.18. The quantitative estimate of drug-likeness (QED) is 0.219. The van der Waals surface area contributed by atoms with Gasteiger partial charge in [0.15, 0.2) is 0 Å². The number of unbranched alkanes of at least 4 members (excludes halogenated alkanes) is 4. The predicted molar refractivity (Wildman–Crippen MR) is 120 cm³/mol. The van der Waals surface area contributed by atoms with E-state index in [2.05, 4.69) is 60.8 Å². The van der Waals surface area contributed by atoms with Crippen molar-refractivity contribution in [3.05, 3.63) is 48.6 Å². The lowest BCUT2D eigenvalue weighted by atomic mass is 10.2. The Kier molecular flexibility index (Phi) is 19.1. The van der Waals surface area contributed by atoms with Crippen LogP contribution in [0.2, 0.25) is 0 Å². The zero-order valence-electron chi connectivity index (χ0n) is 17.9. The number of hydrogen-bond donors (Lipinski definition) is 3. The normalized spacial score (nSPS) is 13.2. The van der Waals surface area contributed by atoms with Crippen molar-refractivity contribution in [2.75, 3.05) is 6.54 Å². The third kappa shape index (κ3) is 22.0. The molecular weight excluding hydrogens is 366 g/mol. The van der Waals surface area contributed by atoms with Crippen molar-refractivity contribution in [1.29, 1.82) is 0 Å². The molecule has 0 saturated carbocycles. The van der Waals surface area contributed by atoms with E-state index in [9.17, 15) is 14.7 Å². The van der Waals surface area contributed by atoms with E-state index in [0.717, 1.165) is 32.1 Å². The number of amides is 1. The fourth-order valence-corrected chi connectivity index (χ4v) is 2.54. The minimum Gasteiger partial charge on any atom is -0.481 e. The summed E-state index contributed by atoms with van der Waals surface area (Å²) < 4.78 is 0. The van der Waals surface area contributed by atoms with E-state index >= 15 is 0 Å². The van der Waals surface area contributed by atoms with Gasteiger partial charge in [0, 0.05) is 13.0 Å². The molecule has 0 aromatic carbocycles. The zero-order valence-corrected chi connectivity index (χ0v) is 17.9. The van der Waals surface area contributed by atoms with Gasteiger partial charge in [-0.25, -0.2) is 0 Å². The number of carboxylic acids is 1. The largest absolute Gasteiger partial charge is 0.481 e. The third-order valence-electron chi connectivity index (χ3n) is 4.18. The number of carboxylic acid groups (broad SMARTS) is 1. The van der Waals surface area contributed by atoms with Crippen LogP contribution in [-0.2, 0) is 9.59 Å². The molecule has 0 radical (unpaired) electrons. The van der Waals surface area contributed by atoms with Crippen LogP contribution in [0.1, 0.15) is 77.6 Å². The van der Waals surface area contributed by atoms with Crippen molar-refractivity contribution in [3.8, 4) is 0 Å². The predicted octanol–water partition coefficient (Wildman–Crippen LogP) is 5.08. The van der Waals surface area contributed by atoms with E-state index < -0.39 is 12.1 Å². The molecule has 0 heterocycles. The number of aliphatic hydroxyl groups is 1. The van der Waals surface area contributed by atoms with Crippen molar-refractivity contribution in [1.82, 2.24) is 5.32 Å². The number of carbonyl (C=O) groups is 2. The highest BCUT2D eigenvalue weighted by Crippen LogP contribution is 2.01. The van der Waals surface area contributed by atoms with Gasteiger partial charge in [-0.15, -0.1) is 0 Å². The second-order valence-electron chi connectivity index (χ2n) is 7.04. The maximum atomic E-state index is 11.6. The fraction of sp³-hybridized carbons (Fsp3) is 0.583. The Balaban J connectivity index is 3.55. The first-order valence-electron chi connectivity index (χ1n) is 10.8. The van der Waals surface area contributed by atoms with E-state index in [0.29, 0.717) is 6.42 Å². The molecular formula is C24H39NO4. The molecule has 29 heavy (non-hydrogen) atoms. The number of hydrogen-bond acceptors (Lipinski definition) is 3. The van der Waals surface area contributed by atoms with Gasteiger partial charge in [-0.3, -0.25) is 9.59 Å². The first-order valence-corrected chi connectivity index (χ1v) is 10.8. The first-order chi connectivity index (χ1) is 14.1. The second kappa shape index (κ2) is 20.6. The van der Waals surface area contributed by atoms with Crippen molar-refractivity contribution in [2.24, 2.45) is 0 Å². The van der Waals surface area contributed by atoms with E-state index in [-0.39, 0.29) is 18.9 Å². The maximum Gasteiger partial charge on any atom is 0.306 e. The van der Waals surface area contributed by atoms with Crippen molar-refractivity contribution in [2.45, 2.75) is 83.7 Å². The molecule has 5 heteroatoms. The summed E-state index contributed by atoms with van der Waals surface area (Å²) in [6.07, 6.45) is 25.8. The summed E-state index contributed by atoms with van der Waals surface area (Å²) in [6.45, 7) is 2.20. The monoisotopic (exact) mass is 405 g/mol. The molecule has 0 saturated heterocycles. The van der Waals surface area contributed by atoms with Gasteiger partial charge in [-0.1, -0.05) is 68.4 Å². The topological polar surface area (TPSA) is 86.6 Å². The van der Waals surface area contributed by atoms with Gasteiger partial charge in [0.2, 0.25) is 5.91 Å². The number of rotatable bonds is 18. The number of nitrogens with one attached hydrogen (secondary N) is 1. The van der Waals surface area contributed by atoms with E-state index in [1.165, 1.54) is 25.7 Å². The summed E-state index contributed by atoms with van der Waals surface area (Å²) in [5.74, 6) is -1.24. The molecule has 1 atom stereocenters. The number of aliphatic hydroxyl groups excluding tert-OH is 1. The molecule has 0 fully saturated rings. The van der Waals surface area contributed by atoms with Crippen LogP contribution >= 0.6 is 0 Å². The lowest BCUT2D eigenvalue weighted by Crippen LogP contribution is -2.33. The minimum atomic E-state index is -1.08. The number of aliphatic carboxylic acids is 1. The molecule has 0 aliphatic heterocycles. The number of carbonyl (C=O) groups excluding carboxylic acids is 1. The van der Waals surface area contributed by atoms with Crippen molar-refractivity contribution >= 4 is 11.9 Å². The van der Waals surface area contributed by atoms with Gasteiger partial charge < -0.3 is 15.5 Å². The van der Waals surface area contributed by atoms with Crippen LogP contribution in [0.25, 0.3) is 0 Å². The van der Waals surface area contributed by atoms with Gasteiger partial charge in [-0.05, 0) is 44.9 Å². The summed E-state index contributed by atoms with van der Waals surface area (Å²) in [4.78, 5) is 22.0. The first kappa shape index (κ1) is 26.9. The lowest BCUT2D eigenvalue weighted by molar-refractivity contribution is -0.139. The van der Waals surface area contributed by atoms with Crippen molar-refractivity contribution in [3.63, 3.8) is 0 Å². The van der Waals surface area contributed by atoms with Crippen LogP contribution < -0.4 is 5.32 Å². The summed E-state index contributed by atoms with van der Waals surface area (Å²) in [7, 11) is 0. The highest BCUT2D eigenvalue weighted by atomic mass is 16.4. The Morgan fingerprint density at radius 2 is 1.34 bits per heavy atom. The summed E-state index contributed by atoms with van der Waals surface area (Å²) in [5.41, 5.74) is 0. The summed E-state index contributed by atoms with van der Waals surface area (Å²) >= 11 is 0. The van der Waals surface area contributed by atoms with Gasteiger partial charge in [0.1, 0.15) is 0 Å². The highest BCUT2D eigenvalue weighted by molar-refractivity contribution is 5.76. The van der Waals surface area contributed by atoms with Gasteiger partial charge in [0.05, 0.1) is 12.5 Å². The zero-order chi connectivity index (χ0) is 21.6. The van der Waals surface area contributed by atoms with Crippen molar-refractivity contribution < 1.29 is 19.8 Å². The smallest absolute Gasteiger partial charge is 0.306 e. The molecule has 0 unspecified atom stereocenters. The maximum absolute atomic E-state index is 11.6. The molecule has 3 N–H and O–H groups in total. The molecule has 0 spiro atoms. The fourth-order valence-electron chi connectivity index (χ4n) is 2.54. The van der Waals surface area contributed by atoms with Crippen LogP contribution in [0.4, 0.5) is 0 Å². The standard InChI is InChI=1S/C24H39NO4/c1-2-3-4-5-6-7-8-9-10-11-12-13-14-15-16-17-18-19-23(27)25-21-22(26)20-24(28)29/h6-7,9-10,12-13,15-16,22,26H,2-5,8,11,14,17-21H2,1H3,(H,25,27)(H,28,29)/b7-6-,10-9-,13-12-,16-15-/t22-/m0/s1. The van der Waals surface area contributed by atoms with Crippen LogP contribution in [0.5, 0.6) is 0 Å². The summed E-state index contributed by atoms with van der Waals surface area (Å²) in [6, 6.07) is 0. The van der Waals surface area contributed by atoms with Crippen LogP contribution in [-0.4, -0.2) is 34.7 Å². The van der Waals surface area contributed by atoms with Crippen LogP contribution in [0.15, 0.2) is 48.6 Å². The molecule has 0 aliphatic carbocycles. The van der Waals surface area contributed by atoms with Gasteiger partial charge in [-0.2, -0.15) is 0 Å². The summed E-state index contributed by atoms with van der Waals surface area (Å²) in [5, 5.41) is 20.4. The van der Waals surface area contributed by atoms with Crippen LogP contribution in [0, 0.1) is 0 Å². The Labute approximate surface area is 176 Å². The lowest BCUT2D eigenvalue weighted by Gasteiger charge is -2.09. The average molecular weight is 406 g/mol. The Morgan fingerprint density at radius 1 is 0.828 bits per heavy atom. The van der Waals surface area contributed by atoms with Gasteiger partial charge in [0.25, 0.3) is 0 Å². The average Bonchev–Trinajstić information content (AvgIpc) is 2.68. The molecule has 5 nitrogen and oxygen atoms in total. The molecule has 0 aromatic rings. The molecule has 0 aromatic heterocycles. The van der Waals surface area contributed by atoms with Gasteiger partial charge >= 0.3 is 5.97 Å². The van der Waals surface area contributed by atoms with E-state index in [4.69, 9.17) is 5.11 Å². The molecule has 164 valence electrons. The Morgan fingerprint density at radius 3 is 1.86 bits per heavy atom. The van der Waals surface area contributed by atoms with E-state index in [1.54, 1.807) is 0 Å². The Bertz CT molecular complexity index is 535. The van der Waals surface area contributed by atoms with Crippen LogP contribution in [0.3, 0.4) is 0 Å². The number of allylic oxidation sites excluding steroid dienone is 8. The second-order valence-corrected chi connectivity index (χ2v) is 7.04. The highest BCUT2D eigenvalue weighted by Gasteiger charge is 2.10. The minimum absolute atomic E-state index is 0.0184. The van der Waals surface area contributed by atoms with E-state index in [1.807, 2.05) is 0 Å². The molecule has 0 rings (SSSR count). The SMILES string of the molecule is CCCCC/C=C\C/C=C\C/C=C\C/C=C\CCCC(=O)NC[C@@H](O)CC(=O)O.